The minimum Gasteiger partial charge on any atom is -0.478 e. The Morgan fingerprint density at radius 3 is 2.74 bits per heavy atom. The van der Waals surface area contributed by atoms with Crippen LogP contribution in [0, 0.1) is 0 Å². The van der Waals surface area contributed by atoms with E-state index >= 15 is 0 Å². The predicted molar refractivity (Wildman–Crippen MR) is 65.6 cm³/mol. The number of sulfonamides is 1. The van der Waals surface area contributed by atoms with Crippen molar-refractivity contribution < 1.29 is 18.3 Å². The SMILES string of the molecule is O=C(O)c1cc(S(=O)(=O)Nc2ncn[nH]2)ccc1Cl. The van der Waals surface area contributed by atoms with Gasteiger partial charge in [0.25, 0.3) is 10.0 Å². The molecule has 10 heteroatoms. The summed E-state index contributed by atoms with van der Waals surface area (Å²) in [6.45, 7) is 0. The molecule has 3 N–H and O–H groups in total. The zero-order chi connectivity index (χ0) is 14.0. The van der Waals surface area contributed by atoms with Crippen LogP contribution in [0.1, 0.15) is 10.4 Å². The Labute approximate surface area is 112 Å². The van der Waals surface area contributed by atoms with Gasteiger partial charge in [0.1, 0.15) is 6.33 Å². The summed E-state index contributed by atoms with van der Waals surface area (Å²) in [6, 6.07) is 3.34. The van der Waals surface area contributed by atoms with Gasteiger partial charge in [-0.1, -0.05) is 11.6 Å². The molecular weight excluding hydrogens is 296 g/mol. The molecular formula is C9H7ClN4O4S. The van der Waals surface area contributed by atoms with E-state index in [-0.39, 0.29) is 21.4 Å². The lowest BCUT2D eigenvalue weighted by atomic mass is 10.2. The maximum Gasteiger partial charge on any atom is 0.337 e. The summed E-state index contributed by atoms with van der Waals surface area (Å²) in [5.74, 6) is -1.39. The first-order chi connectivity index (χ1) is 8.90. The number of nitrogens with one attached hydrogen (secondary N) is 2. The second kappa shape index (κ2) is 4.86. The number of benzene rings is 1. The van der Waals surface area contributed by atoms with Crippen molar-refractivity contribution in [2.45, 2.75) is 4.90 Å². The molecule has 0 unspecified atom stereocenters. The molecule has 0 saturated carbocycles. The van der Waals surface area contributed by atoms with E-state index in [1.54, 1.807) is 0 Å². The second-order valence-corrected chi connectivity index (χ2v) is 5.48. The Morgan fingerprint density at radius 2 is 2.16 bits per heavy atom. The number of aromatic amines is 1. The van der Waals surface area contributed by atoms with Crippen LogP contribution in [0.25, 0.3) is 0 Å². The van der Waals surface area contributed by atoms with Crippen LogP contribution in [0.5, 0.6) is 0 Å². The summed E-state index contributed by atoms with van der Waals surface area (Å²) in [6.07, 6.45) is 1.13. The van der Waals surface area contributed by atoms with Crippen molar-refractivity contribution >= 4 is 33.5 Å². The third-order valence-electron chi connectivity index (χ3n) is 2.12. The number of anilines is 1. The van der Waals surface area contributed by atoms with Crippen LogP contribution >= 0.6 is 11.6 Å². The summed E-state index contributed by atoms with van der Waals surface area (Å²) in [4.78, 5) is 14.2. The van der Waals surface area contributed by atoms with Crippen LogP contribution in [0.15, 0.2) is 29.4 Å². The third-order valence-corrected chi connectivity index (χ3v) is 3.79. The average molecular weight is 303 g/mol. The first-order valence-corrected chi connectivity index (χ1v) is 6.67. The number of hydrogen-bond donors (Lipinski definition) is 3. The molecule has 0 amide bonds. The summed E-state index contributed by atoms with van der Waals surface area (Å²) >= 11 is 5.66. The monoisotopic (exact) mass is 302 g/mol. The fourth-order valence-electron chi connectivity index (χ4n) is 1.28. The number of aromatic nitrogens is 3. The zero-order valence-electron chi connectivity index (χ0n) is 9.16. The lowest BCUT2D eigenvalue weighted by Gasteiger charge is -2.06. The smallest absolute Gasteiger partial charge is 0.337 e. The molecule has 0 atom stereocenters. The molecule has 100 valence electrons. The van der Waals surface area contributed by atoms with Gasteiger partial charge < -0.3 is 5.11 Å². The number of halogens is 1. The minimum absolute atomic E-state index is 0.0499. The molecule has 0 aliphatic heterocycles. The summed E-state index contributed by atoms with van der Waals surface area (Å²) in [7, 11) is -3.96. The Hall–Kier alpha value is -2.13. The highest BCUT2D eigenvalue weighted by molar-refractivity contribution is 7.92. The first-order valence-electron chi connectivity index (χ1n) is 4.81. The molecule has 8 nitrogen and oxygen atoms in total. The molecule has 0 aliphatic rings. The normalized spacial score (nSPS) is 11.2. The van der Waals surface area contributed by atoms with E-state index < -0.39 is 16.0 Å². The number of aromatic carboxylic acids is 1. The molecule has 0 fully saturated rings. The molecule has 1 aromatic heterocycles. The Bertz CT molecular complexity index is 714. The predicted octanol–water partition coefficient (Wildman–Crippen LogP) is 0.957. The van der Waals surface area contributed by atoms with E-state index in [1.165, 1.54) is 12.1 Å². The van der Waals surface area contributed by atoms with Gasteiger partial charge in [-0.15, -0.1) is 0 Å². The van der Waals surface area contributed by atoms with Crippen LogP contribution in [-0.2, 0) is 10.0 Å². The fraction of sp³-hybridized carbons (Fsp3) is 0. The van der Waals surface area contributed by atoms with Gasteiger partial charge >= 0.3 is 5.97 Å². The zero-order valence-corrected chi connectivity index (χ0v) is 10.7. The van der Waals surface area contributed by atoms with Crippen LogP contribution in [-0.4, -0.2) is 34.7 Å². The Kier molecular flexibility index (Phi) is 3.40. The lowest BCUT2D eigenvalue weighted by Crippen LogP contribution is -2.14. The maximum atomic E-state index is 12.0. The highest BCUT2D eigenvalue weighted by Gasteiger charge is 2.19. The van der Waals surface area contributed by atoms with Crippen molar-refractivity contribution in [3.8, 4) is 0 Å². The summed E-state index contributed by atoms with van der Waals surface area (Å²) < 4.78 is 26.0. The molecule has 1 aromatic carbocycles. The third kappa shape index (κ3) is 2.83. The maximum absolute atomic E-state index is 12.0. The van der Waals surface area contributed by atoms with E-state index in [1.807, 2.05) is 0 Å². The van der Waals surface area contributed by atoms with Gasteiger partial charge in [0.15, 0.2) is 0 Å². The van der Waals surface area contributed by atoms with Crippen LogP contribution in [0.2, 0.25) is 5.02 Å². The second-order valence-electron chi connectivity index (χ2n) is 3.39. The highest BCUT2D eigenvalue weighted by Crippen LogP contribution is 2.21. The van der Waals surface area contributed by atoms with Gasteiger partial charge in [-0.3, -0.25) is 0 Å². The van der Waals surface area contributed by atoms with Gasteiger partial charge in [0.05, 0.1) is 15.5 Å². The number of carbonyl (C=O) groups is 1. The van der Waals surface area contributed by atoms with Crippen LogP contribution < -0.4 is 4.72 Å². The van der Waals surface area contributed by atoms with Crippen LogP contribution in [0.4, 0.5) is 5.95 Å². The number of H-pyrrole nitrogens is 1. The van der Waals surface area contributed by atoms with Crippen LogP contribution in [0.3, 0.4) is 0 Å². The number of carboxylic acids is 1. The van der Waals surface area contributed by atoms with E-state index in [2.05, 4.69) is 19.9 Å². The van der Waals surface area contributed by atoms with E-state index in [4.69, 9.17) is 16.7 Å². The van der Waals surface area contributed by atoms with Crippen molar-refractivity contribution in [1.82, 2.24) is 15.2 Å². The van der Waals surface area contributed by atoms with E-state index in [0.717, 1.165) is 12.4 Å². The van der Waals surface area contributed by atoms with Gasteiger partial charge in [-0.05, 0) is 18.2 Å². The number of nitrogens with zero attached hydrogens (tertiary/aromatic N) is 2. The summed E-state index contributed by atoms with van der Waals surface area (Å²) in [5, 5.41) is 14.6. The van der Waals surface area contributed by atoms with Crippen molar-refractivity contribution in [3.63, 3.8) is 0 Å². The fourth-order valence-corrected chi connectivity index (χ4v) is 2.47. The number of hydrogen-bond acceptors (Lipinski definition) is 5. The van der Waals surface area contributed by atoms with Gasteiger partial charge in [-0.2, -0.15) is 10.1 Å². The number of rotatable bonds is 4. The van der Waals surface area contributed by atoms with E-state index in [0.29, 0.717) is 0 Å². The molecule has 2 rings (SSSR count). The number of carboxylic acid groups (broad SMARTS) is 1. The lowest BCUT2D eigenvalue weighted by molar-refractivity contribution is 0.0697. The molecule has 0 radical (unpaired) electrons. The van der Waals surface area contributed by atoms with Gasteiger partial charge in [-0.25, -0.2) is 23.0 Å². The summed E-state index contributed by atoms with van der Waals surface area (Å²) in [5.41, 5.74) is -0.304. The van der Waals surface area contributed by atoms with Crippen molar-refractivity contribution in [2.24, 2.45) is 0 Å². The van der Waals surface area contributed by atoms with Gasteiger partial charge in [0, 0.05) is 0 Å². The molecule has 0 aliphatic carbocycles. The van der Waals surface area contributed by atoms with Crippen molar-refractivity contribution in [1.29, 1.82) is 0 Å². The molecule has 19 heavy (non-hydrogen) atoms. The van der Waals surface area contributed by atoms with Gasteiger partial charge in [0.2, 0.25) is 5.95 Å². The Balaban J connectivity index is 2.41. The molecule has 0 spiro atoms. The topological polar surface area (TPSA) is 125 Å². The highest BCUT2D eigenvalue weighted by atomic mass is 35.5. The molecule has 2 aromatic rings. The quantitative estimate of drug-likeness (QED) is 0.772. The van der Waals surface area contributed by atoms with Crippen molar-refractivity contribution in [2.75, 3.05) is 4.72 Å². The minimum atomic E-state index is -3.96. The standard InChI is InChI=1S/C9H7ClN4O4S/c10-7-2-1-5(3-6(7)8(15)16)19(17,18)14-9-11-4-12-13-9/h1-4H,(H,15,16)(H2,11,12,13,14). The Morgan fingerprint density at radius 1 is 1.42 bits per heavy atom. The molecule has 0 bridgehead atoms. The van der Waals surface area contributed by atoms with Crippen molar-refractivity contribution in [3.05, 3.63) is 35.1 Å². The largest absolute Gasteiger partial charge is 0.478 e. The first kappa shape index (κ1) is 13.3. The molecule has 1 heterocycles. The molecule has 0 saturated heterocycles. The van der Waals surface area contributed by atoms with E-state index in [9.17, 15) is 13.2 Å². The average Bonchev–Trinajstić information content (AvgIpc) is 2.80.